The van der Waals surface area contributed by atoms with E-state index in [0.717, 1.165) is 6.07 Å². The van der Waals surface area contributed by atoms with Gasteiger partial charge < -0.3 is 0 Å². The van der Waals surface area contributed by atoms with Crippen LogP contribution in [0.2, 0.25) is 0 Å². The van der Waals surface area contributed by atoms with Crippen LogP contribution >= 0.6 is 31.9 Å². The molecule has 0 radical (unpaired) electrons. The highest BCUT2D eigenvalue weighted by Gasteiger charge is 2.33. The first-order chi connectivity index (χ1) is 5.39. The van der Waals surface area contributed by atoms with E-state index in [9.17, 15) is 13.2 Å². The Kier molecular flexibility index (Phi) is 2.72. The van der Waals surface area contributed by atoms with Crippen molar-refractivity contribution < 1.29 is 13.2 Å². The minimum atomic E-state index is -4.44. The van der Waals surface area contributed by atoms with Crippen LogP contribution in [0.25, 0.3) is 0 Å². The third kappa shape index (κ3) is 2.41. The quantitative estimate of drug-likeness (QED) is 0.544. The molecule has 2 nitrogen and oxygen atoms in total. The lowest BCUT2D eigenvalue weighted by Gasteiger charge is -2.04. The van der Waals surface area contributed by atoms with Gasteiger partial charge in [0, 0.05) is 6.07 Å². The van der Waals surface area contributed by atoms with Crippen LogP contribution in [-0.4, -0.2) is 9.97 Å². The maximum absolute atomic E-state index is 12.0. The Morgan fingerprint density at radius 2 is 1.75 bits per heavy atom. The summed E-state index contributed by atoms with van der Waals surface area (Å²) in [6.07, 6.45) is -4.44. The van der Waals surface area contributed by atoms with Crippen LogP contribution in [0.3, 0.4) is 0 Å². The summed E-state index contributed by atoms with van der Waals surface area (Å²) in [5, 5.41) is 0. The van der Waals surface area contributed by atoms with Gasteiger partial charge in [0.1, 0.15) is 10.3 Å². The van der Waals surface area contributed by atoms with Gasteiger partial charge in [-0.15, -0.1) is 0 Å². The van der Waals surface area contributed by atoms with E-state index in [1.54, 1.807) is 0 Å². The van der Waals surface area contributed by atoms with Crippen molar-refractivity contribution in [3.05, 3.63) is 21.1 Å². The second-order valence-electron chi connectivity index (χ2n) is 1.84. The number of nitrogens with zero attached hydrogens (tertiary/aromatic N) is 2. The number of hydrogen-bond acceptors (Lipinski definition) is 2. The lowest BCUT2D eigenvalue weighted by atomic mass is 10.4. The minimum Gasteiger partial charge on any atom is -0.218 e. The number of aromatic nitrogens is 2. The topological polar surface area (TPSA) is 25.8 Å². The van der Waals surface area contributed by atoms with Gasteiger partial charge in [0.15, 0.2) is 4.73 Å². The van der Waals surface area contributed by atoms with Gasteiger partial charge in [-0.1, -0.05) is 0 Å². The first kappa shape index (κ1) is 9.91. The standard InChI is InChI=1S/C5HBr2F3N2/c6-3-1-2(5(8,9)10)11-4(7)12-3/h1H. The predicted octanol–water partition coefficient (Wildman–Crippen LogP) is 3.02. The summed E-state index contributed by atoms with van der Waals surface area (Å²) in [5.41, 5.74) is -0.976. The molecule has 0 atom stereocenters. The Labute approximate surface area is 82.5 Å². The number of halogens is 5. The van der Waals surface area contributed by atoms with Crippen molar-refractivity contribution in [1.82, 2.24) is 9.97 Å². The highest BCUT2D eigenvalue weighted by atomic mass is 79.9. The first-order valence-corrected chi connectivity index (χ1v) is 4.25. The maximum atomic E-state index is 12.0. The van der Waals surface area contributed by atoms with E-state index in [0.29, 0.717) is 0 Å². The van der Waals surface area contributed by atoms with E-state index in [1.807, 2.05) is 0 Å². The molecule has 0 bridgehead atoms. The lowest BCUT2D eigenvalue weighted by Crippen LogP contribution is -2.08. The second kappa shape index (κ2) is 3.29. The van der Waals surface area contributed by atoms with Crippen LogP contribution in [0.15, 0.2) is 15.4 Å². The maximum Gasteiger partial charge on any atom is 0.433 e. The number of hydrogen-bond donors (Lipinski definition) is 0. The number of alkyl halides is 3. The van der Waals surface area contributed by atoms with E-state index in [1.165, 1.54) is 0 Å². The average Bonchev–Trinajstić information content (AvgIpc) is 1.82. The van der Waals surface area contributed by atoms with Crippen molar-refractivity contribution >= 4 is 31.9 Å². The van der Waals surface area contributed by atoms with Gasteiger partial charge in [0.25, 0.3) is 0 Å². The van der Waals surface area contributed by atoms with Gasteiger partial charge in [-0.2, -0.15) is 13.2 Å². The van der Waals surface area contributed by atoms with Gasteiger partial charge >= 0.3 is 6.18 Å². The molecule has 0 aromatic carbocycles. The zero-order valence-electron chi connectivity index (χ0n) is 5.36. The van der Waals surface area contributed by atoms with E-state index < -0.39 is 11.9 Å². The van der Waals surface area contributed by atoms with Crippen LogP contribution in [0.4, 0.5) is 13.2 Å². The zero-order valence-corrected chi connectivity index (χ0v) is 8.53. The van der Waals surface area contributed by atoms with Crippen LogP contribution < -0.4 is 0 Å². The Balaban J connectivity index is 3.18. The molecule has 0 saturated heterocycles. The average molecular weight is 306 g/mol. The summed E-state index contributed by atoms with van der Waals surface area (Å²) >= 11 is 5.58. The van der Waals surface area contributed by atoms with Crippen LogP contribution in [0, 0.1) is 0 Å². The number of rotatable bonds is 0. The van der Waals surface area contributed by atoms with E-state index in [2.05, 4.69) is 41.8 Å². The van der Waals surface area contributed by atoms with Crippen molar-refractivity contribution in [2.45, 2.75) is 6.18 Å². The molecule has 1 aromatic rings. The first-order valence-electron chi connectivity index (χ1n) is 2.67. The van der Waals surface area contributed by atoms with Crippen molar-refractivity contribution in [2.75, 3.05) is 0 Å². The molecule has 0 spiro atoms. The molecule has 0 aliphatic carbocycles. The fourth-order valence-corrected chi connectivity index (χ4v) is 1.54. The fraction of sp³-hybridized carbons (Fsp3) is 0.200. The van der Waals surface area contributed by atoms with Crippen molar-refractivity contribution in [2.24, 2.45) is 0 Å². The largest absolute Gasteiger partial charge is 0.433 e. The van der Waals surface area contributed by atoms with E-state index in [-0.39, 0.29) is 9.34 Å². The molecule has 0 N–H and O–H groups in total. The summed E-state index contributed by atoms with van der Waals surface area (Å²) in [6, 6.07) is 0.810. The Morgan fingerprint density at radius 1 is 1.17 bits per heavy atom. The zero-order chi connectivity index (χ0) is 9.35. The molecule has 1 aromatic heterocycles. The summed E-state index contributed by atoms with van der Waals surface area (Å²) in [6.45, 7) is 0. The molecule has 0 amide bonds. The molecular formula is C5HBr2F3N2. The SMILES string of the molecule is FC(F)(F)c1cc(Br)nc(Br)n1. The summed E-state index contributed by atoms with van der Waals surface area (Å²) in [7, 11) is 0. The minimum absolute atomic E-state index is 0.0933. The van der Waals surface area contributed by atoms with Gasteiger partial charge in [-0.05, 0) is 31.9 Å². The summed E-state index contributed by atoms with van der Waals surface area (Å²) < 4.78 is 36.0. The summed E-state index contributed by atoms with van der Waals surface area (Å²) in [5.74, 6) is 0. The lowest BCUT2D eigenvalue weighted by molar-refractivity contribution is -0.141. The van der Waals surface area contributed by atoms with Gasteiger partial charge in [0.05, 0.1) is 0 Å². The molecule has 0 fully saturated rings. The third-order valence-electron chi connectivity index (χ3n) is 0.958. The second-order valence-corrected chi connectivity index (χ2v) is 3.36. The van der Waals surface area contributed by atoms with Crippen molar-refractivity contribution in [3.8, 4) is 0 Å². The molecule has 0 unspecified atom stereocenters. The van der Waals surface area contributed by atoms with Crippen molar-refractivity contribution in [1.29, 1.82) is 0 Å². The Hall–Kier alpha value is -0.170. The molecule has 0 aliphatic heterocycles. The molecule has 0 aliphatic rings. The third-order valence-corrected chi connectivity index (χ3v) is 1.72. The van der Waals surface area contributed by atoms with Gasteiger partial charge in [-0.25, -0.2) is 9.97 Å². The molecule has 66 valence electrons. The molecule has 0 saturated carbocycles. The van der Waals surface area contributed by atoms with E-state index >= 15 is 0 Å². The van der Waals surface area contributed by atoms with Crippen molar-refractivity contribution in [3.63, 3.8) is 0 Å². The molecular weight excluding hydrogens is 305 g/mol. The molecule has 1 heterocycles. The fourth-order valence-electron chi connectivity index (χ4n) is 0.535. The predicted molar refractivity (Wildman–Crippen MR) is 42.4 cm³/mol. The Morgan fingerprint density at radius 3 is 2.17 bits per heavy atom. The summed E-state index contributed by atoms with van der Waals surface area (Å²) in [4.78, 5) is 6.73. The van der Waals surface area contributed by atoms with Crippen LogP contribution in [0.5, 0.6) is 0 Å². The highest BCUT2D eigenvalue weighted by molar-refractivity contribution is 9.11. The normalized spacial score (nSPS) is 11.8. The monoisotopic (exact) mass is 304 g/mol. The molecule has 7 heteroatoms. The molecule has 12 heavy (non-hydrogen) atoms. The van der Waals surface area contributed by atoms with Gasteiger partial charge in [-0.3, -0.25) is 0 Å². The Bertz CT molecular complexity index is 279. The van der Waals surface area contributed by atoms with Crippen LogP contribution in [-0.2, 0) is 6.18 Å². The smallest absolute Gasteiger partial charge is 0.218 e. The molecule has 1 rings (SSSR count). The van der Waals surface area contributed by atoms with Crippen LogP contribution in [0.1, 0.15) is 5.69 Å². The van der Waals surface area contributed by atoms with E-state index in [4.69, 9.17) is 0 Å². The van der Waals surface area contributed by atoms with Gasteiger partial charge in [0.2, 0.25) is 0 Å². The highest BCUT2D eigenvalue weighted by Crippen LogP contribution is 2.29.